The summed E-state index contributed by atoms with van der Waals surface area (Å²) in [5.41, 5.74) is 8.81. The van der Waals surface area contributed by atoms with Gasteiger partial charge in [0.1, 0.15) is 0 Å². The zero-order chi connectivity index (χ0) is 11.4. The average Bonchev–Trinajstić information content (AvgIpc) is 2.21. The van der Waals surface area contributed by atoms with Crippen molar-refractivity contribution in [1.82, 2.24) is 0 Å². The molecule has 2 unspecified atom stereocenters. The standard InChI is InChI=1S/C13H20BrN/c1-4-6-9(2)13(15)11-7-5-8-12(14)10(11)3/h5,7-9,13H,4,6,15H2,1-3H3. The van der Waals surface area contributed by atoms with Crippen molar-refractivity contribution in [3.8, 4) is 0 Å². The Labute approximate surface area is 101 Å². The number of hydrogen-bond acceptors (Lipinski definition) is 1. The number of nitrogens with two attached hydrogens (primary N) is 1. The summed E-state index contributed by atoms with van der Waals surface area (Å²) in [4.78, 5) is 0. The molecule has 0 saturated carbocycles. The second-order valence-electron chi connectivity index (χ2n) is 4.25. The van der Waals surface area contributed by atoms with Gasteiger partial charge in [-0.1, -0.05) is 48.3 Å². The molecule has 2 N–H and O–H groups in total. The van der Waals surface area contributed by atoms with Gasteiger partial charge in [-0.15, -0.1) is 0 Å². The monoisotopic (exact) mass is 269 g/mol. The van der Waals surface area contributed by atoms with Crippen LogP contribution in [0.25, 0.3) is 0 Å². The predicted molar refractivity (Wildman–Crippen MR) is 69.9 cm³/mol. The van der Waals surface area contributed by atoms with Gasteiger partial charge in [-0.3, -0.25) is 0 Å². The molecule has 0 aliphatic heterocycles. The van der Waals surface area contributed by atoms with E-state index in [0.717, 1.165) is 4.47 Å². The van der Waals surface area contributed by atoms with E-state index in [4.69, 9.17) is 5.73 Å². The van der Waals surface area contributed by atoms with Crippen molar-refractivity contribution in [3.05, 3.63) is 33.8 Å². The fourth-order valence-corrected chi connectivity index (χ4v) is 2.31. The minimum Gasteiger partial charge on any atom is -0.324 e. The molecular weight excluding hydrogens is 250 g/mol. The summed E-state index contributed by atoms with van der Waals surface area (Å²) in [5, 5.41) is 0. The Morgan fingerprint density at radius 2 is 2.07 bits per heavy atom. The minimum atomic E-state index is 0.155. The highest BCUT2D eigenvalue weighted by molar-refractivity contribution is 9.10. The number of rotatable bonds is 4. The fraction of sp³-hybridized carbons (Fsp3) is 0.538. The Bertz CT molecular complexity index is 322. The number of benzene rings is 1. The molecule has 0 aliphatic rings. The molecule has 1 aromatic carbocycles. The van der Waals surface area contributed by atoms with Crippen LogP contribution in [-0.4, -0.2) is 0 Å². The van der Waals surface area contributed by atoms with Crippen LogP contribution in [0.4, 0.5) is 0 Å². The van der Waals surface area contributed by atoms with E-state index in [9.17, 15) is 0 Å². The first-order valence-electron chi connectivity index (χ1n) is 5.58. The van der Waals surface area contributed by atoms with Gasteiger partial charge in [-0.25, -0.2) is 0 Å². The van der Waals surface area contributed by atoms with Crippen LogP contribution in [0.1, 0.15) is 43.9 Å². The van der Waals surface area contributed by atoms with E-state index in [-0.39, 0.29) is 6.04 Å². The maximum absolute atomic E-state index is 6.27. The van der Waals surface area contributed by atoms with Gasteiger partial charge in [0.05, 0.1) is 0 Å². The second-order valence-corrected chi connectivity index (χ2v) is 5.10. The molecule has 0 fully saturated rings. The summed E-state index contributed by atoms with van der Waals surface area (Å²) in [6.45, 7) is 6.56. The molecule has 0 bridgehead atoms. The van der Waals surface area contributed by atoms with Crippen molar-refractivity contribution in [1.29, 1.82) is 0 Å². The Balaban J connectivity index is 2.90. The number of halogens is 1. The van der Waals surface area contributed by atoms with Crippen molar-refractivity contribution >= 4 is 15.9 Å². The van der Waals surface area contributed by atoms with E-state index in [1.165, 1.54) is 24.0 Å². The Morgan fingerprint density at radius 3 is 2.67 bits per heavy atom. The maximum atomic E-state index is 6.27. The summed E-state index contributed by atoms with van der Waals surface area (Å²) < 4.78 is 1.15. The van der Waals surface area contributed by atoms with Crippen molar-refractivity contribution in [2.45, 2.75) is 39.7 Å². The van der Waals surface area contributed by atoms with Gasteiger partial charge in [-0.2, -0.15) is 0 Å². The van der Waals surface area contributed by atoms with E-state index < -0.39 is 0 Å². The maximum Gasteiger partial charge on any atom is 0.0323 e. The second kappa shape index (κ2) is 5.66. The molecule has 0 saturated heterocycles. The van der Waals surface area contributed by atoms with Crippen LogP contribution in [0.2, 0.25) is 0 Å². The lowest BCUT2D eigenvalue weighted by Crippen LogP contribution is -2.20. The first kappa shape index (κ1) is 12.7. The third kappa shape index (κ3) is 3.05. The SMILES string of the molecule is CCCC(C)C(N)c1cccc(Br)c1C. The molecule has 2 atom stereocenters. The zero-order valence-corrected chi connectivity index (χ0v) is 11.3. The normalized spacial score (nSPS) is 15.0. The fourth-order valence-electron chi connectivity index (χ4n) is 1.93. The molecule has 0 spiro atoms. The van der Waals surface area contributed by atoms with Gasteiger partial charge in [-0.05, 0) is 36.5 Å². The van der Waals surface area contributed by atoms with Crippen LogP contribution < -0.4 is 5.73 Å². The molecule has 1 rings (SSSR count). The highest BCUT2D eigenvalue weighted by atomic mass is 79.9. The van der Waals surface area contributed by atoms with E-state index in [1.807, 2.05) is 0 Å². The summed E-state index contributed by atoms with van der Waals surface area (Å²) in [7, 11) is 0. The third-order valence-corrected chi connectivity index (χ3v) is 3.88. The largest absolute Gasteiger partial charge is 0.324 e. The molecule has 0 heterocycles. The molecule has 1 aromatic rings. The quantitative estimate of drug-likeness (QED) is 0.872. The van der Waals surface area contributed by atoms with Crippen molar-refractivity contribution in [2.24, 2.45) is 11.7 Å². The van der Waals surface area contributed by atoms with Gasteiger partial charge in [0.2, 0.25) is 0 Å². The van der Waals surface area contributed by atoms with E-state index >= 15 is 0 Å². The predicted octanol–water partition coefficient (Wildman–Crippen LogP) is 4.19. The highest BCUT2D eigenvalue weighted by Gasteiger charge is 2.16. The van der Waals surface area contributed by atoms with Gasteiger partial charge >= 0.3 is 0 Å². The lowest BCUT2D eigenvalue weighted by molar-refractivity contribution is 0.432. The van der Waals surface area contributed by atoms with Gasteiger partial charge in [0.25, 0.3) is 0 Å². The van der Waals surface area contributed by atoms with Crippen LogP contribution in [0.5, 0.6) is 0 Å². The van der Waals surface area contributed by atoms with Crippen LogP contribution in [0, 0.1) is 12.8 Å². The summed E-state index contributed by atoms with van der Waals surface area (Å²) >= 11 is 3.55. The van der Waals surface area contributed by atoms with Crippen LogP contribution in [-0.2, 0) is 0 Å². The Morgan fingerprint density at radius 1 is 1.40 bits per heavy atom. The number of hydrogen-bond donors (Lipinski definition) is 1. The molecular formula is C13H20BrN. The van der Waals surface area contributed by atoms with Gasteiger partial charge < -0.3 is 5.73 Å². The minimum absolute atomic E-state index is 0.155. The molecule has 84 valence electrons. The molecule has 1 nitrogen and oxygen atoms in total. The topological polar surface area (TPSA) is 26.0 Å². The van der Waals surface area contributed by atoms with Gasteiger partial charge in [0.15, 0.2) is 0 Å². The first-order chi connectivity index (χ1) is 7.07. The summed E-state index contributed by atoms with van der Waals surface area (Å²) in [5.74, 6) is 0.544. The van der Waals surface area contributed by atoms with Crippen molar-refractivity contribution in [2.75, 3.05) is 0 Å². The third-order valence-electron chi connectivity index (χ3n) is 3.03. The van der Waals surface area contributed by atoms with Crippen LogP contribution in [0.3, 0.4) is 0 Å². The highest BCUT2D eigenvalue weighted by Crippen LogP contribution is 2.29. The average molecular weight is 270 g/mol. The Kier molecular flexibility index (Phi) is 4.81. The van der Waals surface area contributed by atoms with Crippen molar-refractivity contribution < 1.29 is 0 Å². The van der Waals surface area contributed by atoms with E-state index in [0.29, 0.717) is 5.92 Å². The summed E-state index contributed by atoms with van der Waals surface area (Å²) in [6, 6.07) is 6.42. The van der Waals surface area contributed by atoms with Crippen molar-refractivity contribution in [3.63, 3.8) is 0 Å². The molecule has 15 heavy (non-hydrogen) atoms. The lowest BCUT2D eigenvalue weighted by Gasteiger charge is -2.22. The molecule has 0 aromatic heterocycles. The van der Waals surface area contributed by atoms with E-state index in [2.05, 4.69) is 54.9 Å². The van der Waals surface area contributed by atoms with E-state index in [1.54, 1.807) is 0 Å². The molecule has 2 heteroatoms. The molecule has 0 aliphatic carbocycles. The van der Waals surface area contributed by atoms with Crippen LogP contribution in [0.15, 0.2) is 22.7 Å². The smallest absolute Gasteiger partial charge is 0.0323 e. The van der Waals surface area contributed by atoms with Gasteiger partial charge in [0, 0.05) is 10.5 Å². The lowest BCUT2D eigenvalue weighted by atomic mass is 9.89. The summed E-state index contributed by atoms with van der Waals surface area (Å²) in [6.07, 6.45) is 2.38. The first-order valence-corrected chi connectivity index (χ1v) is 6.37. The van der Waals surface area contributed by atoms with Crippen LogP contribution >= 0.6 is 15.9 Å². The molecule has 0 radical (unpaired) electrons. The zero-order valence-electron chi connectivity index (χ0n) is 9.76. The Hall–Kier alpha value is -0.340. The molecule has 0 amide bonds.